The molecule has 2 unspecified atom stereocenters. The molecule has 0 amide bonds. The Labute approximate surface area is 228 Å². The molecule has 1 aliphatic rings. The molecule has 0 saturated heterocycles. The first kappa shape index (κ1) is 27.8. The zero-order valence-corrected chi connectivity index (χ0v) is 23.1. The first-order valence-electron chi connectivity index (χ1n) is 11.0. The zero-order valence-electron chi connectivity index (χ0n) is 20.0. The van der Waals surface area contributed by atoms with E-state index in [1.54, 1.807) is 37.3 Å². The van der Waals surface area contributed by atoms with Crippen LogP contribution in [0.2, 0.25) is 15.1 Å². The molecule has 0 fully saturated rings. The van der Waals surface area contributed by atoms with Crippen LogP contribution in [-0.2, 0) is 26.7 Å². The van der Waals surface area contributed by atoms with Gasteiger partial charge in [0.25, 0.3) is 5.60 Å². The topological polar surface area (TPSA) is 51.0 Å². The Kier molecular flexibility index (Phi) is 7.60. The summed E-state index contributed by atoms with van der Waals surface area (Å²) in [4.78, 5) is 5.57. The summed E-state index contributed by atoms with van der Waals surface area (Å²) in [6.07, 6.45) is -3.79. The molecule has 0 aliphatic carbocycles. The van der Waals surface area contributed by atoms with E-state index in [1.165, 1.54) is 24.5 Å². The number of halogens is 6. The monoisotopic (exact) mass is 588 g/mol. The van der Waals surface area contributed by atoms with Crippen LogP contribution in [0.5, 0.6) is 0 Å². The number of benzene rings is 3. The molecule has 3 aromatic rings. The van der Waals surface area contributed by atoms with Gasteiger partial charge in [-0.25, -0.2) is 8.57 Å². The fourth-order valence-electron chi connectivity index (χ4n) is 4.25. The molecule has 3 aromatic carbocycles. The summed E-state index contributed by atoms with van der Waals surface area (Å²) in [6.45, 7) is 3.77. The van der Waals surface area contributed by atoms with Crippen LogP contribution in [0.1, 0.15) is 34.2 Å². The van der Waals surface area contributed by atoms with E-state index >= 15 is 0 Å². The standard InChI is InChI=1S/C26H22Cl3F3N2O2S/c1-15-5-4-6-22(29)24(15)37(3,35)33-14-18-8-7-17(9-16(18)2)23-13-25(36-34-23,26(30,31)32)19-10-20(27)12-21(28)11-19/h4-12H,13-14H2,1-3H3. The lowest BCUT2D eigenvalue weighted by molar-refractivity contribution is -0.275. The van der Waals surface area contributed by atoms with E-state index in [1.807, 2.05) is 13.0 Å². The number of aryl methyl sites for hydroxylation is 2. The van der Waals surface area contributed by atoms with E-state index in [9.17, 15) is 17.4 Å². The molecule has 0 bridgehead atoms. The molecule has 4 nitrogen and oxygen atoms in total. The summed E-state index contributed by atoms with van der Waals surface area (Å²) >= 11 is 18.2. The fourth-order valence-corrected chi connectivity index (χ4v) is 7.04. The van der Waals surface area contributed by atoms with Crippen molar-refractivity contribution in [3.63, 3.8) is 0 Å². The van der Waals surface area contributed by atoms with Gasteiger partial charge >= 0.3 is 6.18 Å². The summed E-state index contributed by atoms with van der Waals surface area (Å²) < 4.78 is 60.6. The Balaban J connectivity index is 1.62. The zero-order chi connectivity index (χ0) is 27.2. The molecule has 11 heteroatoms. The SMILES string of the molecule is Cc1cc(C2=NOC(c3cc(Cl)cc(Cl)c3)(C(F)(F)F)C2)ccc1CN=S(C)(=O)c1c(C)cccc1Cl. The first-order valence-corrected chi connectivity index (χ1v) is 14.1. The number of hydrogen-bond acceptors (Lipinski definition) is 4. The minimum absolute atomic E-state index is 0.0617. The van der Waals surface area contributed by atoms with Gasteiger partial charge in [-0.05, 0) is 66.4 Å². The molecule has 0 radical (unpaired) electrons. The van der Waals surface area contributed by atoms with E-state index in [0.717, 1.165) is 16.7 Å². The van der Waals surface area contributed by atoms with Crippen LogP contribution < -0.4 is 0 Å². The number of oxime groups is 1. The number of nitrogens with zero attached hydrogens (tertiary/aromatic N) is 2. The Hall–Kier alpha value is -2.26. The second-order valence-corrected chi connectivity index (χ2v) is 12.5. The van der Waals surface area contributed by atoms with E-state index < -0.39 is 27.9 Å². The Morgan fingerprint density at radius 1 is 1.03 bits per heavy atom. The van der Waals surface area contributed by atoms with Gasteiger partial charge in [-0.3, -0.25) is 0 Å². The molecule has 0 N–H and O–H groups in total. The van der Waals surface area contributed by atoms with Gasteiger partial charge in [0, 0.05) is 28.3 Å². The Bertz CT molecular complexity index is 1490. The highest BCUT2D eigenvalue weighted by molar-refractivity contribution is 7.93. The molecule has 196 valence electrons. The highest BCUT2D eigenvalue weighted by atomic mass is 35.5. The third-order valence-corrected chi connectivity index (χ3v) is 9.00. The summed E-state index contributed by atoms with van der Waals surface area (Å²) in [5.41, 5.74) is -0.0262. The molecule has 0 spiro atoms. The lowest BCUT2D eigenvalue weighted by Crippen LogP contribution is -2.42. The molecule has 37 heavy (non-hydrogen) atoms. The van der Waals surface area contributed by atoms with Gasteiger partial charge in [0.15, 0.2) is 0 Å². The third-order valence-electron chi connectivity index (χ3n) is 6.21. The van der Waals surface area contributed by atoms with Gasteiger partial charge in [0.1, 0.15) is 0 Å². The van der Waals surface area contributed by atoms with Gasteiger partial charge in [-0.1, -0.05) is 64.2 Å². The molecule has 1 aliphatic heterocycles. The van der Waals surface area contributed by atoms with Crippen molar-refractivity contribution in [2.45, 2.75) is 43.5 Å². The van der Waals surface area contributed by atoms with Crippen LogP contribution in [0.3, 0.4) is 0 Å². The molecular weight excluding hydrogens is 568 g/mol. The van der Waals surface area contributed by atoms with Crippen molar-refractivity contribution in [1.29, 1.82) is 0 Å². The van der Waals surface area contributed by atoms with Crippen molar-refractivity contribution >= 4 is 50.2 Å². The van der Waals surface area contributed by atoms with Crippen LogP contribution in [0.25, 0.3) is 0 Å². The van der Waals surface area contributed by atoms with Gasteiger partial charge in [-0.15, -0.1) is 0 Å². The molecule has 0 saturated carbocycles. The normalized spacial score (nSPS) is 19.2. The van der Waals surface area contributed by atoms with Crippen molar-refractivity contribution in [2.75, 3.05) is 6.26 Å². The number of hydrogen-bond donors (Lipinski definition) is 0. The lowest BCUT2D eigenvalue weighted by atomic mass is 9.86. The van der Waals surface area contributed by atoms with Gasteiger partial charge < -0.3 is 4.84 Å². The highest BCUT2D eigenvalue weighted by Crippen LogP contribution is 2.49. The van der Waals surface area contributed by atoms with Crippen molar-refractivity contribution in [3.05, 3.63) is 97.5 Å². The van der Waals surface area contributed by atoms with Crippen LogP contribution in [0.15, 0.2) is 69.0 Å². The van der Waals surface area contributed by atoms with E-state index in [4.69, 9.17) is 39.6 Å². The van der Waals surface area contributed by atoms with Crippen LogP contribution >= 0.6 is 34.8 Å². The van der Waals surface area contributed by atoms with Crippen molar-refractivity contribution in [2.24, 2.45) is 9.52 Å². The fraction of sp³-hybridized carbons (Fsp3) is 0.269. The second-order valence-electron chi connectivity index (χ2n) is 8.91. The van der Waals surface area contributed by atoms with E-state index in [-0.39, 0.29) is 27.9 Å². The summed E-state index contributed by atoms with van der Waals surface area (Å²) in [6, 6.07) is 14.1. The second kappa shape index (κ2) is 10.1. The molecular formula is C26H22Cl3F3N2O2S. The number of alkyl halides is 3. The van der Waals surface area contributed by atoms with Gasteiger partial charge in [0.05, 0.1) is 31.9 Å². The predicted molar refractivity (Wildman–Crippen MR) is 142 cm³/mol. The first-order chi connectivity index (χ1) is 17.2. The maximum atomic E-state index is 14.3. The average Bonchev–Trinajstić information content (AvgIpc) is 3.24. The molecule has 0 aromatic heterocycles. The largest absolute Gasteiger partial charge is 0.435 e. The Morgan fingerprint density at radius 2 is 1.70 bits per heavy atom. The minimum atomic E-state index is -4.78. The minimum Gasteiger partial charge on any atom is -0.374 e. The van der Waals surface area contributed by atoms with Crippen molar-refractivity contribution in [3.8, 4) is 0 Å². The molecule has 1 heterocycles. The predicted octanol–water partition coefficient (Wildman–Crippen LogP) is 8.50. The van der Waals surface area contributed by atoms with Gasteiger partial charge in [-0.2, -0.15) is 13.2 Å². The highest BCUT2D eigenvalue weighted by Gasteiger charge is 2.62. The Morgan fingerprint density at radius 3 is 2.30 bits per heavy atom. The maximum Gasteiger partial charge on any atom is 0.435 e. The summed E-state index contributed by atoms with van der Waals surface area (Å²) in [7, 11) is -2.78. The summed E-state index contributed by atoms with van der Waals surface area (Å²) in [5.74, 6) is 0. The smallest absolute Gasteiger partial charge is 0.374 e. The van der Waals surface area contributed by atoms with E-state index in [0.29, 0.717) is 15.5 Å². The van der Waals surface area contributed by atoms with Gasteiger partial charge in [0.2, 0.25) is 0 Å². The van der Waals surface area contributed by atoms with Crippen molar-refractivity contribution < 1.29 is 22.2 Å². The average molecular weight is 590 g/mol. The third kappa shape index (κ3) is 5.48. The maximum absolute atomic E-state index is 14.3. The van der Waals surface area contributed by atoms with Crippen molar-refractivity contribution in [1.82, 2.24) is 0 Å². The lowest BCUT2D eigenvalue weighted by Gasteiger charge is -2.29. The quantitative estimate of drug-likeness (QED) is 0.300. The van der Waals surface area contributed by atoms with E-state index in [2.05, 4.69) is 9.52 Å². The molecule has 2 atom stereocenters. The van der Waals surface area contributed by atoms with Crippen LogP contribution in [-0.4, -0.2) is 22.4 Å². The summed E-state index contributed by atoms with van der Waals surface area (Å²) in [5, 5.41) is 4.31. The number of rotatable bonds is 5. The van der Waals surface area contributed by atoms with Crippen LogP contribution in [0, 0.1) is 13.8 Å². The molecule has 4 rings (SSSR count). The van der Waals surface area contributed by atoms with Crippen LogP contribution in [0.4, 0.5) is 13.2 Å².